The molecular weight excluding hydrogens is 771 g/mol. The Morgan fingerprint density at radius 3 is 1.61 bits per heavy atom. The topological polar surface area (TPSA) is 3.24 Å². The van der Waals surface area contributed by atoms with E-state index in [0.29, 0.717) is 0 Å². The van der Waals surface area contributed by atoms with Crippen molar-refractivity contribution in [2.24, 2.45) is 0 Å². The fourth-order valence-electron chi connectivity index (χ4n) is 10.4. The number of rotatable bonds is 7. The maximum absolute atomic E-state index is 2.47. The third-order valence-electron chi connectivity index (χ3n) is 13.7. The largest absolute Gasteiger partial charge is 0.310 e. The van der Waals surface area contributed by atoms with Crippen molar-refractivity contribution in [3.63, 3.8) is 0 Å². The minimum atomic E-state index is -0.130. The molecular formula is C63H45N. The van der Waals surface area contributed by atoms with E-state index in [1.807, 2.05) is 0 Å². The molecule has 0 aromatic heterocycles. The normalized spacial score (nSPS) is 12.7. The van der Waals surface area contributed by atoms with Crippen LogP contribution in [0.2, 0.25) is 0 Å². The second-order valence-electron chi connectivity index (χ2n) is 17.7. The van der Waals surface area contributed by atoms with E-state index in [2.05, 4.69) is 255 Å². The van der Waals surface area contributed by atoms with Crippen LogP contribution in [-0.2, 0) is 5.41 Å². The van der Waals surface area contributed by atoms with Crippen LogP contribution in [0.25, 0.3) is 88.0 Å². The molecule has 11 aromatic carbocycles. The van der Waals surface area contributed by atoms with Gasteiger partial charge in [0.1, 0.15) is 0 Å². The molecule has 0 saturated heterocycles. The van der Waals surface area contributed by atoms with Crippen LogP contribution in [0.3, 0.4) is 0 Å². The van der Waals surface area contributed by atoms with E-state index in [-0.39, 0.29) is 5.41 Å². The lowest BCUT2D eigenvalue weighted by atomic mass is 9.81. The molecule has 0 atom stereocenters. The molecule has 0 heterocycles. The summed E-state index contributed by atoms with van der Waals surface area (Å²) in [6.45, 7) is 4.75. The van der Waals surface area contributed by atoms with Gasteiger partial charge in [-0.1, -0.05) is 202 Å². The highest BCUT2D eigenvalue weighted by Crippen LogP contribution is 2.52. The average molecular weight is 816 g/mol. The summed E-state index contributed by atoms with van der Waals surface area (Å²) >= 11 is 0. The first-order valence-corrected chi connectivity index (χ1v) is 22.3. The highest BCUT2D eigenvalue weighted by atomic mass is 15.1. The van der Waals surface area contributed by atoms with Gasteiger partial charge in [-0.15, -0.1) is 0 Å². The monoisotopic (exact) mass is 815 g/mol. The van der Waals surface area contributed by atoms with Gasteiger partial charge in [0.2, 0.25) is 0 Å². The van der Waals surface area contributed by atoms with Crippen LogP contribution in [0.4, 0.5) is 17.1 Å². The van der Waals surface area contributed by atoms with Gasteiger partial charge >= 0.3 is 0 Å². The first kappa shape index (κ1) is 37.7. The van der Waals surface area contributed by atoms with Gasteiger partial charge < -0.3 is 4.90 Å². The number of hydrogen-bond donors (Lipinski definition) is 0. The third kappa shape index (κ3) is 6.23. The van der Waals surface area contributed by atoms with Crippen molar-refractivity contribution in [1.29, 1.82) is 0 Å². The van der Waals surface area contributed by atoms with E-state index in [0.717, 1.165) is 17.1 Å². The molecule has 1 nitrogen and oxygen atoms in total. The second kappa shape index (κ2) is 15.1. The highest BCUT2D eigenvalue weighted by Gasteiger charge is 2.35. The Labute approximate surface area is 375 Å². The van der Waals surface area contributed by atoms with Gasteiger partial charge in [-0.3, -0.25) is 0 Å². The molecule has 0 N–H and O–H groups in total. The number of benzene rings is 11. The molecule has 1 heteroatoms. The molecule has 64 heavy (non-hydrogen) atoms. The standard InChI is InChI=1S/C63H45N/c1-63(2)59-25-13-12-23-56(59)57-38-33-49(41-60(57)63)53-24-14-26-61(62(53)58-40-48-19-8-9-20-52(48)54-21-10-11-22-55(54)58)64(50-34-29-44(30-35-50)42-15-4-3-5-16-42)51-36-31-45(32-37-51)47-28-27-43-17-6-7-18-46(43)39-47/h3-41H,1-2H3. The lowest BCUT2D eigenvalue weighted by Gasteiger charge is -2.30. The Morgan fingerprint density at radius 1 is 0.297 bits per heavy atom. The van der Waals surface area contributed by atoms with Crippen molar-refractivity contribution in [2.75, 3.05) is 4.90 Å². The summed E-state index contributed by atoms with van der Waals surface area (Å²) < 4.78 is 0. The third-order valence-corrected chi connectivity index (χ3v) is 13.7. The summed E-state index contributed by atoms with van der Waals surface area (Å²) in [5.41, 5.74) is 18.2. The Bertz CT molecular complexity index is 3560. The molecule has 1 aliphatic rings. The predicted molar refractivity (Wildman–Crippen MR) is 273 cm³/mol. The minimum Gasteiger partial charge on any atom is -0.310 e. The van der Waals surface area contributed by atoms with Gasteiger partial charge in [-0.2, -0.15) is 0 Å². The molecule has 0 aliphatic heterocycles. The zero-order chi connectivity index (χ0) is 42.8. The Hall–Kier alpha value is -8.00. The van der Waals surface area contributed by atoms with E-state index in [9.17, 15) is 0 Å². The van der Waals surface area contributed by atoms with Crippen molar-refractivity contribution in [3.05, 3.63) is 248 Å². The van der Waals surface area contributed by atoms with Gasteiger partial charge in [0.25, 0.3) is 0 Å². The summed E-state index contributed by atoms with van der Waals surface area (Å²) in [6.07, 6.45) is 0. The molecule has 1 aliphatic carbocycles. The first-order chi connectivity index (χ1) is 31.5. The summed E-state index contributed by atoms with van der Waals surface area (Å²) in [7, 11) is 0. The molecule has 0 spiro atoms. The van der Waals surface area contributed by atoms with Gasteiger partial charge in [-0.25, -0.2) is 0 Å². The number of fused-ring (bicyclic) bond motifs is 7. The molecule has 302 valence electrons. The molecule has 0 fully saturated rings. The van der Waals surface area contributed by atoms with Crippen LogP contribution in [0.5, 0.6) is 0 Å². The zero-order valence-corrected chi connectivity index (χ0v) is 36.0. The first-order valence-electron chi connectivity index (χ1n) is 22.3. The van der Waals surface area contributed by atoms with E-state index < -0.39 is 0 Å². The van der Waals surface area contributed by atoms with Gasteiger partial charge in [-0.05, 0) is 142 Å². The van der Waals surface area contributed by atoms with Crippen LogP contribution >= 0.6 is 0 Å². The number of anilines is 3. The van der Waals surface area contributed by atoms with Crippen LogP contribution in [0.15, 0.2) is 237 Å². The molecule has 0 radical (unpaired) electrons. The average Bonchev–Trinajstić information content (AvgIpc) is 3.59. The van der Waals surface area contributed by atoms with Gasteiger partial charge in [0.05, 0.1) is 5.69 Å². The van der Waals surface area contributed by atoms with E-state index in [1.54, 1.807) is 0 Å². The highest BCUT2D eigenvalue weighted by molar-refractivity contribution is 6.16. The van der Waals surface area contributed by atoms with Crippen LogP contribution in [-0.4, -0.2) is 0 Å². The van der Waals surface area contributed by atoms with Crippen molar-refractivity contribution in [2.45, 2.75) is 19.3 Å². The summed E-state index contributed by atoms with van der Waals surface area (Å²) in [4.78, 5) is 2.47. The predicted octanol–water partition coefficient (Wildman–Crippen LogP) is 17.6. The van der Waals surface area contributed by atoms with Crippen molar-refractivity contribution in [3.8, 4) is 55.6 Å². The van der Waals surface area contributed by atoms with E-state index in [1.165, 1.54) is 99.1 Å². The van der Waals surface area contributed by atoms with Crippen molar-refractivity contribution in [1.82, 2.24) is 0 Å². The van der Waals surface area contributed by atoms with Gasteiger partial charge in [0.15, 0.2) is 0 Å². The molecule has 11 aromatic rings. The molecule has 0 unspecified atom stereocenters. The summed E-state index contributed by atoms with van der Waals surface area (Å²) in [6, 6.07) is 87.4. The fraction of sp³-hybridized carbons (Fsp3) is 0.0476. The quantitative estimate of drug-likeness (QED) is 0.145. The Kier molecular flexibility index (Phi) is 8.91. The second-order valence-corrected chi connectivity index (χ2v) is 17.7. The number of hydrogen-bond acceptors (Lipinski definition) is 1. The van der Waals surface area contributed by atoms with Crippen LogP contribution in [0, 0.1) is 0 Å². The van der Waals surface area contributed by atoms with Crippen LogP contribution < -0.4 is 4.90 Å². The van der Waals surface area contributed by atoms with Crippen molar-refractivity contribution >= 4 is 49.4 Å². The molecule has 0 bridgehead atoms. The smallest absolute Gasteiger partial charge is 0.0546 e. The maximum Gasteiger partial charge on any atom is 0.0546 e. The lowest BCUT2D eigenvalue weighted by molar-refractivity contribution is 0.660. The molecule has 0 saturated carbocycles. The zero-order valence-electron chi connectivity index (χ0n) is 36.0. The fourth-order valence-corrected chi connectivity index (χ4v) is 10.4. The maximum atomic E-state index is 2.47. The minimum absolute atomic E-state index is 0.130. The van der Waals surface area contributed by atoms with Crippen molar-refractivity contribution < 1.29 is 0 Å². The molecule has 0 amide bonds. The lowest BCUT2D eigenvalue weighted by Crippen LogP contribution is -2.15. The van der Waals surface area contributed by atoms with Crippen LogP contribution in [0.1, 0.15) is 25.0 Å². The Morgan fingerprint density at radius 2 is 0.844 bits per heavy atom. The van der Waals surface area contributed by atoms with E-state index in [4.69, 9.17) is 0 Å². The summed E-state index contributed by atoms with van der Waals surface area (Å²) in [5.74, 6) is 0. The summed E-state index contributed by atoms with van der Waals surface area (Å²) in [5, 5.41) is 7.46. The number of nitrogens with zero attached hydrogens (tertiary/aromatic N) is 1. The molecule has 12 rings (SSSR count). The Balaban J connectivity index is 1.11. The SMILES string of the molecule is CC1(C)c2ccccc2-c2ccc(-c3cccc(N(c4ccc(-c5ccccc5)cc4)c4ccc(-c5ccc6ccccc6c5)cc4)c3-c3cc4ccccc4c4ccccc34)cc21. The van der Waals surface area contributed by atoms with E-state index >= 15 is 0 Å². The van der Waals surface area contributed by atoms with Gasteiger partial charge in [0, 0.05) is 22.4 Å².